The van der Waals surface area contributed by atoms with E-state index in [9.17, 15) is 15.0 Å². The van der Waals surface area contributed by atoms with Crippen molar-refractivity contribution in [2.45, 2.75) is 116 Å². The van der Waals surface area contributed by atoms with Crippen LogP contribution in [0.5, 0.6) is 0 Å². The molecule has 0 radical (unpaired) electrons. The summed E-state index contributed by atoms with van der Waals surface area (Å²) in [6, 6.07) is -0.850. The van der Waals surface area contributed by atoms with Crippen LogP contribution in [0, 0.1) is 0 Å². The maximum absolute atomic E-state index is 11.2. The largest absolute Gasteiger partial charge is 0.544 e. The first-order valence-electron chi connectivity index (χ1n) is 11.0. The highest BCUT2D eigenvalue weighted by atomic mass is 16.4. The van der Waals surface area contributed by atoms with E-state index in [1.807, 2.05) is 14.1 Å². The van der Waals surface area contributed by atoms with Crippen molar-refractivity contribution >= 4 is 5.97 Å². The summed E-state index contributed by atoms with van der Waals surface area (Å²) >= 11 is 0. The van der Waals surface area contributed by atoms with Gasteiger partial charge in [0.15, 0.2) is 6.04 Å². The molecule has 0 bridgehead atoms. The van der Waals surface area contributed by atoms with Gasteiger partial charge >= 0.3 is 0 Å². The van der Waals surface area contributed by atoms with E-state index in [0.717, 1.165) is 19.4 Å². The third-order valence-electron chi connectivity index (χ3n) is 5.54. The van der Waals surface area contributed by atoms with Gasteiger partial charge in [-0.15, -0.1) is 0 Å². The molecule has 26 heavy (non-hydrogen) atoms. The molecule has 0 aromatic heterocycles. The summed E-state index contributed by atoms with van der Waals surface area (Å²) in [5.74, 6) is -1.16. The summed E-state index contributed by atoms with van der Waals surface area (Å²) in [5, 5.41) is 20.9. The number of aliphatic hydroxyl groups is 1. The first-order chi connectivity index (χ1) is 12.3. The molecule has 0 spiro atoms. The van der Waals surface area contributed by atoms with E-state index >= 15 is 0 Å². The van der Waals surface area contributed by atoms with Crippen molar-refractivity contribution in [2.24, 2.45) is 0 Å². The van der Waals surface area contributed by atoms with Crippen LogP contribution in [0.15, 0.2) is 0 Å². The predicted molar refractivity (Wildman–Crippen MR) is 108 cm³/mol. The topological polar surface area (TPSA) is 60.4 Å². The molecule has 156 valence electrons. The van der Waals surface area contributed by atoms with E-state index in [1.54, 1.807) is 0 Å². The molecular formula is C22H45NO3. The normalized spacial score (nSPS) is 14.3. The highest BCUT2D eigenvalue weighted by molar-refractivity contribution is 5.70. The molecule has 0 aromatic rings. The Kier molecular flexibility index (Phi) is 15.1. The second-order valence-corrected chi connectivity index (χ2v) is 8.60. The van der Waals surface area contributed by atoms with Crippen molar-refractivity contribution in [3.63, 3.8) is 0 Å². The first-order valence-corrected chi connectivity index (χ1v) is 11.0. The molecule has 0 aliphatic carbocycles. The van der Waals surface area contributed by atoms with E-state index in [2.05, 4.69) is 6.92 Å². The smallest absolute Gasteiger partial charge is 0.155 e. The van der Waals surface area contributed by atoms with E-state index < -0.39 is 18.1 Å². The second-order valence-electron chi connectivity index (χ2n) is 8.60. The van der Waals surface area contributed by atoms with Gasteiger partial charge in [0.1, 0.15) is 12.1 Å². The van der Waals surface area contributed by atoms with Gasteiger partial charge in [-0.25, -0.2) is 0 Å². The minimum atomic E-state index is -1.16. The summed E-state index contributed by atoms with van der Waals surface area (Å²) in [5.41, 5.74) is 0. The van der Waals surface area contributed by atoms with Gasteiger partial charge in [0.2, 0.25) is 0 Å². The summed E-state index contributed by atoms with van der Waals surface area (Å²) in [7, 11) is 3.74. The minimum Gasteiger partial charge on any atom is -0.544 e. The molecule has 0 aromatic carbocycles. The van der Waals surface area contributed by atoms with Crippen LogP contribution in [0.3, 0.4) is 0 Å². The van der Waals surface area contributed by atoms with Crippen LogP contribution in [0.1, 0.15) is 104 Å². The summed E-state index contributed by atoms with van der Waals surface area (Å²) in [6.45, 7) is 4.56. The van der Waals surface area contributed by atoms with Gasteiger partial charge < -0.3 is 19.5 Å². The lowest BCUT2D eigenvalue weighted by molar-refractivity contribution is -0.912. The number of carboxylic acid groups (broad SMARTS) is 1. The van der Waals surface area contributed by atoms with Crippen LogP contribution in [0.2, 0.25) is 0 Å². The second kappa shape index (κ2) is 15.4. The molecule has 0 saturated carbocycles. The number of nitrogens with zero attached hydrogens (tertiary/aromatic N) is 1. The number of rotatable bonds is 18. The van der Waals surface area contributed by atoms with Gasteiger partial charge in [0, 0.05) is 0 Å². The fraction of sp³-hybridized carbons (Fsp3) is 0.955. The highest BCUT2D eigenvalue weighted by Gasteiger charge is 2.33. The Hall–Kier alpha value is -0.610. The Morgan fingerprint density at radius 1 is 0.808 bits per heavy atom. The Morgan fingerprint density at radius 2 is 1.15 bits per heavy atom. The lowest BCUT2D eigenvalue weighted by Gasteiger charge is -2.40. The Labute approximate surface area is 162 Å². The number of unbranched alkanes of at least 4 members (excludes halogenated alkanes) is 13. The van der Waals surface area contributed by atoms with Gasteiger partial charge in [-0.3, -0.25) is 0 Å². The molecule has 0 amide bonds. The maximum atomic E-state index is 11.2. The molecule has 0 rings (SSSR count). The Balaban J connectivity index is 3.54. The maximum Gasteiger partial charge on any atom is 0.155 e. The monoisotopic (exact) mass is 371 g/mol. The molecule has 0 aliphatic heterocycles. The van der Waals surface area contributed by atoms with E-state index in [1.165, 1.54) is 84.0 Å². The average molecular weight is 372 g/mol. The molecule has 0 aliphatic rings. The van der Waals surface area contributed by atoms with Crippen molar-refractivity contribution in [1.82, 2.24) is 0 Å². The first kappa shape index (κ1) is 25.4. The molecule has 0 heterocycles. The van der Waals surface area contributed by atoms with Gasteiger partial charge in [-0.2, -0.15) is 0 Å². The van der Waals surface area contributed by atoms with E-state index in [-0.39, 0.29) is 4.48 Å². The van der Waals surface area contributed by atoms with Crippen molar-refractivity contribution in [3.05, 3.63) is 0 Å². The fourth-order valence-electron chi connectivity index (χ4n) is 3.92. The molecule has 4 heteroatoms. The quantitative estimate of drug-likeness (QED) is 0.292. The zero-order valence-electron chi connectivity index (χ0n) is 18.0. The third kappa shape index (κ3) is 12.7. The zero-order chi connectivity index (χ0) is 19.8. The average Bonchev–Trinajstić information content (AvgIpc) is 2.54. The van der Waals surface area contributed by atoms with Crippen molar-refractivity contribution in [1.29, 1.82) is 0 Å². The number of aliphatic carboxylic acids is 1. The number of aliphatic hydroxyl groups excluding tert-OH is 1. The number of carboxylic acids is 1. The molecule has 2 atom stereocenters. The fourth-order valence-corrected chi connectivity index (χ4v) is 3.92. The van der Waals surface area contributed by atoms with Crippen molar-refractivity contribution in [3.8, 4) is 0 Å². The lowest BCUT2D eigenvalue weighted by Crippen LogP contribution is -2.62. The number of carbonyl (C=O) groups excluding carboxylic acids is 1. The van der Waals surface area contributed by atoms with E-state index in [0.29, 0.717) is 0 Å². The van der Waals surface area contributed by atoms with Crippen molar-refractivity contribution in [2.75, 3.05) is 20.6 Å². The molecule has 2 unspecified atom stereocenters. The SMILES string of the molecule is CCCCCCCCCCCCCCCC[N+](C)(C)C(C(=O)[O-])C(C)O. The summed E-state index contributed by atoms with van der Waals surface area (Å²) in [6.07, 6.45) is 17.6. The van der Waals surface area contributed by atoms with Gasteiger partial charge in [-0.1, -0.05) is 84.0 Å². The summed E-state index contributed by atoms with van der Waals surface area (Å²) in [4.78, 5) is 11.2. The van der Waals surface area contributed by atoms with Crippen LogP contribution in [-0.2, 0) is 4.79 Å². The van der Waals surface area contributed by atoms with Crippen LogP contribution >= 0.6 is 0 Å². The van der Waals surface area contributed by atoms with Crippen LogP contribution in [0.4, 0.5) is 0 Å². The van der Waals surface area contributed by atoms with Crippen LogP contribution in [-0.4, -0.2) is 48.3 Å². The predicted octanol–water partition coefficient (Wildman–Crippen LogP) is 4.04. The number of carbonyl (C=O) groups is 1. The van der Waals surface area contributed by atoms with Crippen LogP contribution in [0.25, 0.3) is 0 Å². The highest BCUT2D eigenvalue weighted by Crippen LogP contribution is 2.16. The summed E-state index contributed by atoms with van der Waals surface area (Å²) < 4.78 is 0.290. The number of quaternary nitrogens is 1. The number of likely N-dealkylation sites (N-methyl/N-ethyl adjacent to an activating group) is 1. The zero-order valence-corrected chi connectivity index (χ0v) is 18.0. The Morgan fingerprint density at radius 3 is 1.46 bits per heavy atom. The van der Waals surface area contributed by atoms with Crippen molar-refractivity contribution < 1.29 is 19.5 Å². The third-order valence-corrected chi connectivity index (χ3v) is 5.54. The van der Waals surface area contributed by atoms with Crippen LogP contribution < -0.4 is 5.11 Å². The minimum absolute atomic E-state index is 0.290. The molecule has 4 nitrogen and oxygen atoms in total. The molecule has 0 fully saturated rings. The van der Waals surface area contributed by atoms with Gasteiger partial charge in [0.25, 0.3) is 0 Å². The Bertz CT molecular complexity index is 342. The molecule has 1 N–H and O–H groups in total. The molecule has 0 saturated heterocycles. The number of hydrogen-bond donors (Lipinski definition) is 1. The number of hydrogen-bond acceptors (Lipinski definition) is 3. The standard InChI is InChI=1S/C22H45NO3/c1-5-6-7-8-9-10-11-12-13-14-15-16-17-18-19-23(3,4)21(20(2)24)22(25)26/h20-21,24H,5-19H2,1-4H3. The lowest BCUT2D eigenvalue weighted by atomic mass is 10.0. The molecular weight excluding hydrogens is 326 g/mol. The van der Waals surface area contributed by atoms with Gasteiger partial charge in [-0.05, 0) is 19.8 Å². The van der Waals surface area contributed by atoms with E-state index in [4.69, 9.17) is 0 Å². The van der Waals surface area contributed by atoms with Gasteiger partial charge in [0.05, 0.1) is 20.6 Å².